The third-order valence-electron chi connectivity index (χ3n) is 8.50. The van der Waals surface area contributed by atoms with E-state index in [4.69, 9.17) is 5.11 Å². The van der Waals surface area contributed by atoms with E-state index in [-0.39, 0.29) is 75.8 Å². The fourth-order valence-electron chi connectivity index (χ4n) is 7.07. The number of H-pyrrole nitrogens is 1. The van der Waals surface area contributed by atoms with Gasteiger partial charge in [0.1, 0.15) is 0 Å². The zero-order valence-corrected chi connectivity index (χ0v) is 21.4. The van der Waals surface area contributed by atoms with Crippen molar-refractivity contribution in [2.45, 2.75) is 55.2 Å². The molecule has 9 heteroatoms. The van der Waals surface area contributed by atoms with Gasteiger partial charge in [0, 0.05) is 22.6 Å². The molecule has 1 saturated heterocycles. The van der Waals surface area contributed by atoms with E-state index in [9.17, 15) is 19.2 Å². The van der Waals surface area contributed by atoms with E-state index >= 15 is 0 Å². The van der Waals surface area contributed by atoms with Gasteiger partial charge in [0.25, 0.3) is 0 Å². The van der Waals surface area contributed by atoms with Crippen LogP contribution in [-0.2, 0) is 19.8 Å². The number of hydrogen-bond donors (Lipinski definition) is 2. The van der Waals surface area contributed by atoms with Crippen molar-refractivity contribution in [3.63, 3.8) is 0 Å². The van der Waals surface area contributed by atoms with Gasteiger partial charge in [-0.2, -0.15) is 0 Å². The molecule has 0 spiro atoms. The van der Waals surface area contributed by atoms with Gasteiger partial charge in [0.15, 0.2) is 0 Å². The molecule has 6 rings (SSSR count). The zero-order valence-electron chi connectivity index (χ0n) is 19.8. The van der Waals surface area contributed by atoms with E-state index in [2.05, 4.69) is 50.0 Å². The first-order valence-corrected chi connectivity index (χ1v) is 13.8. The number of nitrogens with zero attached hydrogens (tertiary/aromatic N) is 1. The van der Waals surface area contributed by atoms with Crippen molar-refractivity contribution in [1.29, 1.82) is 0 Å². The molecule has 0 radical (unpaired) electrons. The first kappa shape index (κ1) is 23.0. The topological polar surface area (TPSA) is 108 Å². The normalized spacial score (nSPS) is 33.1. The van der Waals surface area contributed by atoms with Crippen molar-refractivity contribution in [2.24, 2.45) is 29.6 Å². The summed E-state index contributed by atoms with van der Waals surface area (Å²) in [5.41, 5.74) is 2.42. The van der Waals surface area contributed by atoms with Crippen molar-refractivity contribution in [2.75, 3.05) is 6.54 Å². The molecule has 2 aliphatic heterocycles. The SMILES string of the molecule is CC(C)(C)c1ccc([C@@H]2c3sc(=O)[nH]c3S[C@@H]3[C@H]4C[C@@H]([C@@H]5C(=O)N(CCC(=O)O)C(=O)[C@H]45)[C@H]23)cc1. The first-order chi connectivity index (χ1) is 16.6. The van der Waals surface area contributed by atoms with Crippen LogP contribution in [0.2, 0.25) is 0 Å². The minimum atomic E-state index is -1.01. The second kappa shape index (κ2) is 7.80. The van der Waals surface area contributed by atoms with Gasteiger partial charge in [-0.3, -0.25) is 24.1 Å². The van der Waals surface area contributed by atoms with Crippen LogP contribution in [-0.4, -0.2) is 44.6 Å². The zero-order chi connectivity index (χ0) is 24.8. The van der Waals surface area contributed by atoms with Crippen LogP contribution in [0.1, 0.15) is 55.5 Å². The number of carboxylic acids is 1. The number of carbonyl (C=O) groups excluding carboxylic acids is 2. The molecule has 184 valence electrons. The van der Waals surface area contributed by atoms with Gasteiger partial charge in [-0.15, -0.1) is 11.8 Å². The summed E-state index contributed by atoms with van der Waals surface area (Å²) in [5, 5.41) is 10.1. The Hall–Kier alpha value is -2.39. The largest absolute Gasteiger partial charge is 0.481 e. The summed E-state index contributed by atoms with van der Waals surface area (Å²) in [7, 11) is 0. The van der Waals surface area contributed by atoms with Gasteiger partial charge in [-0.25, -0.2) is 0 Å². The Labute approximate surface area is 211 Å². The molecule has 35 heavy (non-hydrogen) atoms. The fraction of sp³-hybridized carbons (Fsp3) is 0.538. The van der Waals surface area contributed by atoms with Crippen molar-refractivity contribution in [3.8, 4) is 0 Å². The van der Waals surface area contributed by atoms with E-state index < -0.39 is 5.97 Å². The maximum atomic E-state index is 13.4. The Morgan fingerprint density at radius 3 is 2.37 bits per heavy atom. The highest BCUT2D eigenvalue weighted by Crippen LogP contribution is 2.68. The maximum Gasteiger partial charge on any atom is 0.305 e. The molecule has 2 bridgehead atoms. The van der Waals surface area contributed by atoms with Crippen LogP contribution in [0.3, 0.4) is 0 Å². The molecule has 3 heterocycles. The number of thioether (sulfide) groups is 1. The van der Waals surface area contributed by atoms with Crippen molar-refractivity contribution < 1.29 is 19.5 Å². The van der Waals surface area contributed by atoms with Crippen LogP contribution in [0.5, 0.6) is 0 Å². The Morgan fingerprint density at radius 2 is 1.74 bits per heavy atom. The summed E-state index contributed by atoms with van der Waals surface area (Å²) in [6.07, 6.45) is 0.604. The lowest BCUT2D eigenvalue weighted by molar-refractivity contribution is -0.142. The third kappa shape index (κ3) is 3.38. The maximum absolute atomic E-state index is 13.4. The molecule has 1 aromatic carbocycles. The lowest BCUT2D eigenvalue weighted by Crippen LogP contribution is -2.42. The predicted molar refractivity (Wildman–Crippen MR) is 133 cm³/mol. The number of nitrogens with one attached hydrogen (secondary N) is 1. The molecule has 7 atom stereocenters. The summed E-state index contributed by atoms with van der Waals surface area (Å²) in [6, 6.07) is 8.65. The fourth-order valence-corrected chi connectivity index (χ4v) is 9.96. The van der Waals surface area contributed by atoms with Gasteiger partial charge in [0.2, 0.25) is 11.8 Å². The van der Waals surface area contributed by atoms with Crippen LogP contribution in [0.15, 0.2) is 34.1 Å². The summed E-state index contributed by atoms with van der Waals surface area (Å²) in [6.45, 7) is 6.49. The number of rotatable bonds is 4. The van der Waals surface area contributed by atoms with Crippen LogP contribution < -0.4 is 4.87 Å². The Kier molecular flexibility index (Phi) is 5.14. The molecule has 2 N–H and O–H groups in total. The van der Waals surface area contributed by atoms with Crippen LogP contribution in [0, 0.1) is 29.6 Å². The number of aromatic nitrogens is 1. The number of amides is 2. The standard InChI is InChI=1S/C26H28N2O5S2/c1-26(2,3)12-6-4-11(5-7-12)16-17-13-10-14(20(17)34-22-21(16)35-25(33)27-22)19-18(13)23(31)28(24(19)32)9-8-15(29)30/h4-7,13-14,16-20H,8-10H2,1-3H3,(H,27,33)(H,29,30)/t13-,14+,16+,17-,18+,19-,20-/m1/s1. The molecule has 2 amide bonds. The second-order valence-electron chi connectivity index (χ2n) is 11.3. The number of fused-ring (bicyclic) bond motifs is 9. The van der Waals surface area contributed by atoms with E-state index in [1.807, 2.05) is 0 Å². The van der Waals surface area contributed by atoms with Crippen LogP contribution in [0.25, 0.3) is 0 Å². The molecule has 2 aromatic rings. The van der Waals surface area contributed by atoms with Gasteiger partial charge in [-0.1, -0.05) is 56.4 Å². The number of carbonyl (C=O) groups is 3. The predicted octanol–water partition coefficient (Wildman–Crippen LogP) is 3.68. The molecule has 7 nitrogen and oxygen atoms in total. The number of benzene rings is 1. The number of aromatic amines is 1. The van der Waals surface area contributed by atoms with Crippen LogP contribution in [0.4, 0.5) is 0 Å². The average Bonchev–Trinajstić information content (AvgIpc) is 3.51. The summed E-state index contributed by atoms with van der Waals surface area (Å²) in [4.78, 5) is 55.3. The third-order valence-corrected chi connectivity index (χ3v) is 11.1. The highest BCUT2D eigenvalue weighted by molar-refractivity contribution is 8.00. The van der Waals surface area contributed by atoms with Gasteiger partial charge in [-0.05, 0) is 40.7 Å². The molecule has 3 fully saturated rings. The Balaban J connectivity index is 1.40. The van der Waals surface area contributed by atoms with Crippen molar-refractivity contribution in [1.82, 2.24) is 9.88 Å². The lowest BCUT2D eigenvalue weighted by atomic mass is 9.68. The minimum Gasteiger partial charge on any atom is -0.481 e. The smallest absolute Gasteiger partial charge is 0.305 e. The van der Waals surface area contributed by atoms with Crippen molar-refractivity contribution in [3.05, 3.63) is 49.9 Å². The Morgan fingerprint density at radius 1 is 1.09 bits per heavy atom. The highest BCUT2D eigenvalue weighted by atomic mass is 32.2. The molecular weight excluding hydrogens is 484 g/mol. The minimum absolute atomic E-state index is 0.00106. The molecule has 0 unspecified atom stereocenters. The average molecular weight is 513 g/mol. The molecule has 2 saturated carbocycles. The molecule has 1 aromatic heterocycles. The number of aliphatic carboxylic acids is 1. The summed E-state index contributed by atoms with van der Waals surface area (Å²) in [5.74, 6) is -1.91. The molecule has 2 aliphatic carbocycles. The van der Waals surface area contributed by atoms with Gasteiger partial charge in [0.05, 0.1) is 23.3 Å². The van der Waals surface area contributed by atoms with E-state index in [0.717, 1.165) is 21.9 Å². The monoisotopic (exact) mass is 512 g/mol. The van der Waals surface area contributed by atoms with E-state index in [1.54, 1.807) is 11.8 Å². The van der Waals surface area contributed by atoms with Crippen LogP contribution >= 0.6 is 23.1 Å². The number of imide groups is 1. The van der Waals surface area contributed by atoms with Crippen molar-refractivity contribution >= 4 is 40.9 Å². The molecular formula is C26H28N2O5S2. The second-order valence-corrected chi connectivity index (χ2v) is 13.5. The van der Waals surface area contributed by atoms with Gasteiger partial charge < -0.3 is 10.1 Å². The number of likely N-dealkylation sites (tertiary alicyclic amines) is 1. The lowest BCUT2D eigenvalue weighted by Gasteiger charge is -2.43. The first-order valence-electron chi connectivity index (χ1n) is 12.1. The number of carboxylic acid groups (broad SMARTS) is 1. The summed E-state index contributed by atoms with van der Waals surface area (Å²) < 4.78 is 0. The Bertz CT molecular complexity index is 1290. The van der Waals surface area contributed by atoms with E-state index in [0.29, 0.717) is 0 Å². The summed E-state index contributed by atoms with van der Waals surface area (Å²) >= 11 is 2.93. The van der Waals surface area contributed by atoms with Gasteiger partial charge >= 0.3 is 10.8 Å². The quantitative estimate of drug-likeness (QED) is 0.605. The number of thiazole rings is 1. The number of hydrogen-bond acceptors (Lipinski definition) is 6. The van der Waals surface area contributed by atoms with E-state index in [1.165, 1.54) is 21.8 Å². The highest BCUT2D eigenvalue weighted by Gasteiger charge is 2.69. The molecule has 4 aliphatic rings.